The lowest BCUT2D eigenvalue weighted by molar-refractivity contribution is -0.119. The molecule has 0 radical (unpaired) electrons. The first-order valence-electron chi connectivity index (χ1n) is 8.07. The van der Waals surface area contributed by atoms with E-state index in [0.29, 0.717) is 5.82 Å². The Morgan fingerprint density at radius 3 is 2.72 bits per heavy atom. The molecule has 0 saturated heterocycles. The fourth-order valence-corrected chi connectivity index (χ4v) is 2.93. The molecule has 25 heavy (non-hydrogen) atoms. The van der Waals surface area contributed by atoms with Gasteiger partial charge in [-0.2, -0.15) is 5.10 Å². The van der Waals surface area contributed by atoms with E-state index < -0.39 is 24.2 Å². The van der Waals surface area contributed by atoms with Crippen LogP contribution in [0.2, 0.25) is 0 Å². The van der Waals surface area contributed by atoms with Crippen LogP contribution in [0.25, 0.3) is 0 Å². The maximum Gasteiger partial charge on any atom is 0.342 e. The topological polar surface area (TPSA) is 114 Å². The van der Waals surface area contributed by atoms with Crippen molar-refractivity contribution in [2.24, 2.45) is 0 Å². The fraction of sp³-hybridized carbons (Fsp3) is 0.353. The number of hydrogen-bond donors (Lipinski definition) is 3. The number of aromatic nitrogens is 2. The zero-order valence-electron chi connectivity index (χ0n) is 13.5. The molecular weight excluding hydrogens is 326 g/mol. The quantitative estimate of drug-likeness (QED) is 0.716. The van der Waals surface area contributed by atoms with Crippen LogP contribution in [0.3, 0.4) is 0 Å². The molecule has 3 rings (SSSR count). The highest BCUT2D eigenvalue weighted by molar-refractivity contribution is 5.96. The Morgan fingerprint density at radius 1 is 1.24 bits per heavy atom. The van der Waals surface area contributed by atoms with Crippen molar-refractivity contribution in [2.45, 2.75) is 31.7 Å². The monoisotopic (exact) mass is 345 g/mol. The Balaban J connectivity index is 1.56. The van der Waals surface area contributed by atoms with Gasteiger partial charge in [0.05, 0.1) is 12.2 Å². The number of amides is 1. The molecule has 2 aromatic rings. The Bertz CT molecular complexity index is 780. The molecule has 1 amide bonds. The van der Waals surface area contributed by atoms with Gasteiger partial charge in [0.2, 0.25) is 0 Å². The minimum Gasteiger partial charge on any atom is -0.508 e. The van der Waals surface area contributed by atoms with E-state index in [-0.39, 0.29) is 17.4 Å². The van der Waals surface area contributed by atoms with Crippen LogP contribution < -0.4 is 5.32 Å². The second-order valence-corrected chi connectivity index (χ2v) is 5.93. The van der Waals surface area contributed by atoms with Gasteiger partial charge in [0.15, 0.2) is 6.61 Å². The number of phenols is 2. The lowest BCUT2D eigenvalue weighted by Crippen LogP contribution is -2.23. The predicted molar refractivity (Wildman–Crippen MR) is 88.4 cm³/mol. The molecule has 132 valence electrons. The Kier molecular flexibility index (Phi) is 4.87. The molecule has 1 aromatic carbocycles. The summed E-state index contributed by atoms with van der Waals surface area (Å²) in [5.74, 6) is -1.36. The summed E-state index contributed by atoms with van der Waals surface area (Å²) >= 11 is 0. The second-order valence-electron chi connectivity index (χ2n) is 5.93. The summed E-state index contributed by atoms with van der Waals surface area (Å²) in [5, 5.41) is 25.8. The average molecular weight is 345 g/mol. The predicted octanol–water partition coefficient (Wildman–Crippen LogP) is 2.20. The molecule has 1 aromatic heterocycles. The summed E-state index contributed by atoms with van der Waals surface area (Å²) in [5.41, 5.74) is -0.124. The molecule has 3 N–H and O–H groups in total. The minimum atomic E-state index is -0.850. The Hall–Kier alpha value is -3.03. The summed E-state index contributed by atoms with van der Waals surface area (Å²) < 4.78 is 6.69. The number of phenolic OH excluding ortho intramolecular Hbond substituents is 2. The van der Waals surface area contributed by atoms with Crippen molar-refractivity contribution in [3.05, 3.63) is 36.0 Å². The van der Waals surface area contributed by atoms with Crippen molar-refractivity contribution in [2.75, 3.05) is 11.9 Å². The maximum absolute atomic E-state index is 12.0. The van der Waals surface area contributed by atoms with Gasteiger partial charge in [-0.3, -0.25) is 4.79 Å². The van der Waals surface area contributed by atoms with Crippen LogP contribution >= 0.6 is 0 Å². The highest BCUT2D eigenvalue weighted by Crippen LogP contribution is 2.31. The van der Waals surface area contributed by atoms with E-state index in [1.165, 1.54) is 12.1 Å². The van der Waals surface area contributed by atoms with Crippen molar-refractivity contribution in [1.82, 2.24) is 9.78 Å². The number of nitrogens with zero attached hydrogens (tertiary/aromatic N) is 2. The van der Waals surface area contributed by atoms with Crippen molar-refractivity contribution >= 4 is 17.7 Å². The van der Waals surface area contributed by atoms with Gasteiger partial charge in [-0.15, -0.1) is 0 Å². The lowest BCUT2D eigenvalue weighted by atomic mass is 10.2. The van der Waals surface area contributed by atoms with Gasteiger partial charge in [0.25, 0.3) is 5.91 Å². The molecule has 8 heteroatoms. The van der Waals surface area contributed by atoms with Crippen LogP contribution in [-0.4, -0.2) is 38.5 Å². The normalized spacial score (nSPS) is 14.4. The summed E-state index contributed by atoms with van der Waals surface area (Å²) in [4.78, 5) is 23.9. The number of ether oxygens (including phenoxy) is 1. The molecule has 0 unspecified atom stereocenters. The third-order valence-electron chi connectivity index (χ3n) is 4.14. The number of esters is 1. The van der Waals surface area contributed by atoms with Crippen LogP contribution in [0.4, 0.5) is 5.82 Å². The van der Waals surface area contributed by atoms with Crippen molar-refractivity contribution in [3.63, 3.8) is 0 Å². The number of carbonyl (C=O) groups excluding carboxylic acids is 2. The fourth-order valence-electron chi connectivity index (χ4n) is 2.93. The van der Waals surface area contributed by atoms with Gasteiger partial charge < -0.3 is 20.3 Å². The van der Waals surface area contributed by atoms with Crippen LogP contribution in [0.1, 0.15) is 42.1 Å². The third-order valence-corrected chi connectivity index (χ3v) is 4.14. The standard InChI is InChI=1S/C17H19N3O5/c21-12-5-6-13(14(22)9-12)17(24)25-10-16(23)19-15-7-8-18-20(15)11-3-1-2-4-11/h5-9,11,21-22H,1-4,10H2,(H,19,23). The number of carbonyl (C=O) groups is 2. The summed E-state index contributed by atoms with van der Waals surface area (Å²) in [6, 6.07) is 5.47. The van der Waals surface area contributed by atoms with Crippen LogP contribution in [-0.2, 0) is 9.53 Å². The minimum absolute atomic E-state index is 0.124. The summed E-state index contributed by atoms with van der Waals surface area (Å²) in [6.45, 7) is -0.491. The number of aromatic hydroxyl groups is 2. The molecule has 1 saturated carbocycles. The second kappa shape index (κ2) is 7.25. The first-order chi connectivity index (χ1) is 12.0. The van der Waals surface area contributed by atoms with E-state index in [9.17, 15) is 19.8 Å². The zero-order chi connectivity index (χ0) is 17.8. The first kappa shape index (κ1) is 16.8. The zero-order valence-corrected chi connectivity index (χ0v) is 13.5. The van der Waals surface area contributed by atoms with Crippen LogP contribution in [0.5, 0.6) is 11.5 Å². The van der Waals surface area contributed by atoms with Crippen molar-refractivity contribution in [3.8, 4) is 11.5 Å². The van der Waals surface area contributed by atoms with Gasteiger partial charge in [0, 0.05) is 12.1 Å². The molecule has 0 spiro atoms. The van der Waals surface area contributed by atoms with Crippen molar-refractivity contribution in [1.29, 1.82) is 0 Å². The molecule has 1 fully saturated rings. The lowest BCUT2D eigenvalue weighted by Gasteiger charge is -2.14. The average Bonchev–Trinajstić information content (AvgIpc) is 3.23. The Labute approximate surface area is 144 Å². The number of nitrogens with one attached hydrogen (secondary N) is 1. The molecule has 0 bridgehead atoms. The van der Waals surface area contributed by atoms with E-state index in [0.717, 1.165) is 31.7 Å². The largest absolute Gasteiger partial charge is 0.508 e. The van der Waals surface area contributed by atoms with E-state index in [4.69, 9.17) is 4.74 Å². The van der Waals surface area contributed by atoms with Crippen LogP contribution in [0, 0.1) is 0 Å². The maximum atomic E-state index is 12.0. The smallest absolute Gasteiger partial charge is 0.342 e. The molecule has 1 aliphatic carbocycles. The number of anilines is 1. The number of benzene rings is 1. The van der Waals surface area contributed by atoms with Crippen molar-refractivity contribution < 1.29 is 24.5 Å². The van der Waals surface area contributed by atoms with Gasteiger partial charge in [0.1, 0.15) is 22.9 Å². The highest BCUT2D eigenvalue weighted by atomic mass is 16.5. The highest BCUT2D eigenvalue weighted by Gasteiger charge is 2.21. The summed E-state index contributed by atoms with van der Waals surface area (Å²) in [7, 11) is 0. The summed E-state index contributed by atoms with van der Waals surface area (Å²) in [6.07, 6.45) is 5.96. The van der Waals surface area contributed by atoms with Gasteiger partial charge in [-0.1, -0.05) is 12.8 Å². The Morgan fingerprint density at radius 2 is 2.00 bits per heavy atom. The molecule has 0 aliphatic heterocycles. The molecule has 8 nitrogen and oxygen atoms in total. The van der Waals surface area contributed by atoms with E-state index in [1.807, 2.05) is 0 Å². The van der Waals surface area contributed by atoms with E-state index in [1.54, 1.807) is 16.9 Å². The van der Waals surface area contributed by atoms with Gasteiger partial charge in [-0.25, -0.2) is 9.48 Å². The van der Waals surface area contributed by atoms with Gasteiger partial charge >= 0.3 is 5.97 Å². The van der Waals surface area contributed by atoms with Gasteiger partial charge in [-0.05, 0) is 25.0 Å². The van der Waals surface area contributed by atoms with Crippen LogP contribution in [0.15, 0.2) is 30.5 Å². The van der Waals surface area contributed by atoms with E-state index in [2.05, 4.69) is 10.4 Å². The number of rotatable bonds is 5. The molecule has 0 atom stereocenters. The molecule has 1 aliphatic rings. The molecule has 1 heterocycles. The third kappa shape index (κ3) is 3.90. The first-order valence-corrected chi connectivity index (χ1v) is 8.07. The van der Waals surface area contributed by atoms with E-state index >= 15 is 0 Å². The number of hydrogen-bond acceptors (Lipinski definition) is 6. The molecular formula is C17H19N3O5. The SMILES string of the molecule is O=C(COC(=O)c1ccc(O)cc1O)Nc1ccnn1C1CCCC1.